The summed E-state index contributed by atoms with van der Waals surface area (Å²) in [5, 5.41) is 0. The van der Waals surface area contributed by atoms with Gasteiger partial charge in [0.2, 0.25) is 0 Å². The van der Waals surface area contributed by atoms with Gasteiger partial charge in [-0.25, -0.2) is 4.39 Å². The predicted molar refractivity (Wildman–Crippen MR) is 64.6 cm³/mol. The van der Waals surface area contributed by atoms with E-state index >= 15 is 0 Å². The number of rotatable bonds is 9. The van der Waals surface area contributed by atoms with Crippen LogP contribution in [0.3, 0.4) is 0 Å². The highest BCUT2D eigenvalue weighted by atomic mass is 19.1. The lowest BCUT2D eigenvalue weighted by molar-refractivity contribution is 0.0805. The van der Waals surface area contributed by atoms with Crippen LogP contribution in [0.2, 0.25) is 0 Å². The van der Waals surface area contributed by atoms with Crippen LogP contribution in [0, 0.1) is 5.82 Å². The minimum atomic E-state index is -0.490. The molecule has 0 spiro atoms. The van der Waals surface area contributed by atoms with Gasteiger partial charge < -0.3 is 14.2 Å². The Kier molecular flexibility index (Phi) is 6.98. The zero-order valence-electron chi connectivity index (χ0n) is 10.4. The lowest BCUT2D eigenvalue weighted by Gasteiger charge is -2.07. The standard InChI is InChI=1S/C13H17FO4/c1-16-3-2-4-17-5-6-18-13-8-11(10-15)7-12(14)9-13/h7-10H,2-6H2,1H3. The molecule has 0 amide bonds. The molecule has 0 atom stereocenters. The summed E-state index contributed by atoms with van der Waals surface area (Å²) in [6.07, 6.45) is 1.41. The van der Waals surface area contributed by atoms with E-state index in [0.717, 1.165) is 12.5 Å². The molecule has 0 N–H and O–H groups in total. The Morgan fingerprint density at radius 3 is 2.72 bits per heavy atom. The molecule has 100 valence electrons. The van der Waals surface area contributed by atoms with Crippen LogP contribution in [-0.4, -0.2) is 39.8 Å². The van der Waals surface area contributed by atoms with Gasteiger partial charge in [0.1, 0.15) is 24.5 Å². The number of halogens is 1. The van der Waals surface area contributed by atoms with E-state index in [9.17, 15) is 9.18 Å². The Hall–Kier alpha value is -1.46. The number of ether oxygens (including phenoxy) is 3. The fraction of sp³-hybridized carbons (Fsp3) is 0.462. The van der Waals surface area contributed by atoms with Gasteiger partial charge in [-0.2, -0.15) is 0 Å². The van der Waals surface area contributed by atoms with Crippen molar-refractivity contribution in [2.45, 2.75) is 6.42 Å². The van der Waals surface area contributed by atoms with E-state index in [0.29, 0.717) is 38.5 Å². The van der Waals surface area contributed by atoms with Crippen molar-refractivity contribution in [1.29, 1.82) is 0 Å². The Labute approximate surface area is 106 Å². The molecule has 0 fully saturated rings. The smallest absolute Gasteiger partial charge is 0.150 e. The second-order valence-electron chi connectivity index (χ2n) is 3.65. The Morgan fingerprint density at radius 1 is 1.17 bits per heavy atom. The van der Waals surface area contributed by atoms with Crippen molar-refractivity contribution >= 4 is 6.29 Å². The third-order valence-corrected chi connectivity index (χ3v) is 2.16. The Bertz CT molecular complexity index is 368. The maximum Gasteiger partial charge on any atom is 0.150 e. The summed E-state index contributed by atoms with van der Waals surface area (Å²) in [6.45, 7) is 1.98. The minimum Gasteiger partial charge on any atom is -0.491 e. The van der Waals surface area contributed by atoms with Gasteiger partial charge in [0.15, 0.2) is 0 Å². The highest BCUT2D eigenvalue weighted by Crippen LogP contribution is 2.15. The van der Waals surface area contributed by atoms with Gasteiger partial charge >= 0.3 is 0 Å². The van der Waals surface area contributed by atoms with Crippen molar-refractivity contribution in [1.82, 2.24) is 0 Å². The van der Waals surface area contributed by atoms with E-state index in [1.54, 1.807) is 7.11 Å². The molecule has 0 aliphatic heterocycles. The van der Waals surface area contributed by atoms with Crippen LogP contribution < -0.4 is 4.74 Å². The lowest BCUT2D eigenvalue weighted by Crippen LogP contribution is -2.08. The van der Waals surface area contributed by atoms with Crippen LogP contribution in [0.5, 0.6) is 5.75 Å². The normalized spacial score (nSPS) is 10.3. The first-order chi connectivity index (χ1) is 8.76. The monoisotopic (exact) mass is 256 g/mol. The van der Waals surface area contributed by atoms with Crippen LogP contribution in [0.15, 0.2) is 18.2 Å². The summed E-state index contributed by atoms with van der Waals surface area (Å²) in [5.41, 5.74) is 0.256. The number of benzene rings is 1. The van der Waals surface area contributed by atoms with Gasteiger partial charge in [-0.3, -0.25) is 4.79 Å². The highest BCUT2D eigenvalue weighted by molar-refractivity contribution is 5.75. The molecule has 0 saturated heterocycles. The van der Waals surface area contributed by atoms with Crippen molar-refractivity contribution < 1.29 is 23.4 Å². The van der Waals surface area contributed by atoms with Crippen LogP contribution in [-0.2, 0) is 9.47 Å². The molecule has 1 rings (SSSR count). The molecular weight excluding hydrogens is 239 g/mol. The second-order valence-corrected chi connectivity index (χ2v) is 3.65. The molecule has 5 heteroatoms. The molecule has 0 saturated carbocycles. The summed E-state index contributed by atoms with van der Waals surface area (Å²) >= 11 is 0. The zero-order valence-corrected chi connectivity index (χ0v) is 10.4. The molecular formula is C13H17FO4. The van der Waals surface area contributed by atoms with Crippen molar-refractivity contribution in [2.75, 3.05) is 33.5 Å². The van der Waals surface area contributed by atoms with Gasteiger partial charge in [0.05, 0.1) is 6.61 Å². The Morgan fingerprint density at radius 2 is 2.00 bits per heavy atom. The van der Waals surface area contributed by atoms with E-state index in [2.05, 4.69) is 0 Å². The summed E-state index contributed by atoms with van der Waals surface area (Å²) in [7, 11) is 1.64. The average Bonchev–Trinajstić information content (AvgIpc) is 2.37. The first kappa shape index (κ1) is 14.6. The van der Waals surface area contributed by atoms with Gasteiger partial charge in [0, 0.05) is 32.0 Å². The molecule has 0 aliphatic rings. The van der Waals surface area contributed by atoms with E-state index in [1.165, 1.54) is 12.1 Å². The zero-order chi connectivity index (χ0) is 13.2. The Balaban J connectivity index is 2.22. The van der Waals surface area contributed by atoms with E-state index < -0.39 is 5.82 Å². The number of methoxy groups -OCH3 is 1. The van der Waals surface area contributed by atoms with Crippen LogP contribution >= 0.6 is 0 Å². The van der Waals surface area contributed by atoms with Crippen molar-refractivity contribution in [3.8, 4) is 5.75 Å². The molecule has 0 aromatic heterocycles. The molecule has 18 heavy (non-hydrogen) atoms. The number of carbonyl (C=O) groups is 1. The van der Waals surface area contributed by atoms with Gasteiger partial charge in [-0.05, 0) is 18.6 Å². The van der Waals surface area contributed by atoms with E-state index in [-0.39, 0.29) is 5.56 Å². The van der Waals surface area contributed by atoms with Gasteiger partial charge in [0.25, 0.3) is 0 Å². The summed E-state index contributed by atoms with van der Waals surface area (Å²) < 4.78 is 28.5. The average molecular weight is 256 g/mol. The number of hydrogen-bond donors (Lipinski definition) is 0. The van der Waals surface area contributed by atoms with Crippen molar-refractivity contribution in [2.24, 2.45) is 0 Å². The molecule has 1 aromatic rings. The second kappa shape index (κ2) is 8.60. The molecule has 0 bridgehead atoms. The quantitative estimate of drug-likeness (QED) is 0.501. The maximum atomic E-state index is 13.0. The molecule has 0 radical (unpaired) electrons. The summed E-state index contributed by atoms with van der Waals surface area (Å²) in [4.78, 5) is 10.5. The third-order valence-electron chi connectivity index (χ3n) is 2.16. The molecule has 0 aliphatic carbocycles. The minimum absolute atomic E-state index is 0.256. The maximum absolute atomic E-state index is 13.0. The van der Waals surface area contributed by atoms with Crippen LogP contribution in [0.1, 0.15) is 16.8 Å². The summed E-state index contributed by atoms with van der Waals surface area (Å²) in [6, 6.07) is 3.88. The summed E-state index contributed by atoms with van der Waals surface area (Å²) in [5.74, 6) is -0.159. The molecule has 4 nitrogen and oxygen atoms in total. The van der Waals surface area contributed by atoms with E-state index in [4.69, 9.17) is 14.2 Å². The largest absolute Gasteiger partial charge is 0.491 e. The molecule has 1 aromatic carbocycles. The number of hydrogen-bond acceptors (Lipinski definition) is 4. The fourth-order valence-corrected chi connectivity index (χ4v) is 1.36. The van der Waals surface area contributed by atoms with Crippen LogP contribution in [0.4, 0.5) is 4.39 Å². The topological polar surface area (TPSA) is 44.8 Å². The lowest BCUT2D eigenvalue weighted by atomic mass is 10.2. The SMILES string of the molecule is COCCCOCCOc1cc(F)cc(C=O)c1. The number of aldehydes is 1. The molecule has 0 heterocycles. The fourth-order valence-electron chi connectivity index (χ4n) is 1.36. The van der Waals surface area contributed by atoms with Crippen molar-refractivity contribution in [3.63, 3.8) is 0 Å². The predicted octanol–water partition coefficient (Wildman–Crippen LogP) is 2.07. The van der Waals surface area contributed by atoms with Gasteiger partial charge in [-0.15, -0.1) is 0 Å². The number of carbonyl (C=O) groups excluding carboxylic acids is 1. The molecule has 0 unspecified atom stereocenters. The van der Waals surface area contributed by atoms with E-state index in [1.807, 2.05) is 0 Å². The third kappa shape index (κ3) is 5.75. The van der Waals surface area contributed by atoms with Gasteiger partial charge in [-0.1, -0.05) is 0 Å². The first-order valence-corrected chi connectivity index (χ1v) is 5.71. The highest BCUT2D eigenvalue weighted by Gasteiger charge is 2.01. The first-order valence-electron chi connectivity index (χ1n) is 5.71. The van der Waals surface area contributed by atoms with Crippen LogP contribution in [0.25, 0.3) is 0 Å². The van der Waals surface area contributed by atoms with Crippen molar-refractivity contribution in [3.05, 3.63) is 29.6 Å².